The monoisotopic (exact) mass is 1100 g/mol. The fourth-order valence-corrected chi connectivity index (χ4v) is 11.4. The number of carbonyl (C=O) groups excluding carboxylic acids is 1. The van der Waals surface area contributed by atoms with Gasteiger partial charge in [-0.15, -0.1) is 0 Å². The van der Waals surface area contributed by atoms with E-state index in [1.807, 2.05) is 6.08 Å². The summed E-state index contributed by atoms with van der Waals surface area (Å²) < 4.78 is 11.3. The van der Waals surface area contributed by atoms with Crippen LogP contribution in [-0.4, -0.2) is 87.5 Å². The van der Waals surface area contributed by atoms with Gasteiger partial charge in [-0.1, -0.05) is 340 Å². The first kappa shape index (κ1) is 74.7. The molecule has 7 unspecified atom stereocenters. The molecule has 0 bridgehead atoms. The Hall–Kier alpha value is -1.33. The first-order chi connectivity index (χ1) is 38.3. The van der Waals surface area contributed by atoms with Crippen molar-refractivity contribution in [3.8, 4) is 0 Å². The molecular formula is C69H133NO8. The maximum absolute atomic E-state index is 13.1. The van der Waals surface area contributed by atoms with Crippen LogP contribution in [0.15, 0.2) is 24.3 Å². The van der Waals surface area contributed by atoms with E-state index in [0.29, 0.717) is 6.42 Å². The van der Waals surface area contributed by atoms with E-state index < -0.39 is 49.5 Å². The largest absolute Gasteiger partial charge is 0.394 e. The molecule has 0 saturated carbocycles. The molecule has 1 amide bonds. The first-order valence-electron chi connectivity index (χ1n) is 34.6. The van der Waals surface area contributed by atoms with Gasteiger partial charge in [0, 0.05) is 6.42 Å². The van der Waals surface area contributed by atoms with Crippen molar-refractivity contribution in [1.29, 1.82) is 0 Å². The van der Waals surface area contributed by atoms with Gasteiger partial charge in [0.15, 0.2) is 6.29 Å². The predicted molar refractivity (Wildman–Crippen MR) is 332 cm³/mol. The third kappa shape index (κ3) is 47.2. The van der Waals surface area contributed by atoms with Gasteiger partial charge in [0.1, 0.15) is 24.4 Å². The third-order valence-electron chi connectivity index (χ3n) is 16.8. The normalized spacial score (nSPS) is 18.7. The standard InChI is InChI=1S/C69H133NO8/c1-3-5-7-9-11-13-15-17-19-21-22-23-24-25-26-27-28-29-30-31-32-33-34-35-36-37-38-39-40-41-43-45-47-49-51-53-55-57-59-65(73)70-62(61-77-69-68(76)67(75)66(74)64(60-71)78-69)63(72)58-56-54-52-50-48-46-44-42-20-18-16-14-12-10-8-6-4-2/h48,50,56,58,62-64,66-69,71-72,74-76H,3-47,49,51-55,57,59-61H2,1-2H3,(H,70,73)/b50-48+,58-56+. The summed E-state index contributed by atoms with van der Waals surface area (Å²) in [5, 5.41) is 54.6. The molecule has 1 aliphatic rings. The van der Waals surface area contributed by atoms with E-state index in [-0.39, 0.29) is 12.5 Å². The molecule has 9 nitrogen and oxygen atoms in total. The number of carbonyl (C=O) groups is 1. The van der Waals surface area contributed by atoms with Gasteiger partial charge in [-0.25, -0.2) is 0 Å². The van der Waals surface area contributed by atoms with Crippen LogP contribution < -0.4 is 5.32 Å². The van der Waals surface area contributed by atoms with Crippen LogP contribution >= 0.6 is 0 Å². The zero-order valence-corrected chi connectivity index (χ0v) is 51.7. The molecule has 0 radical (unpaired) electrons. The Balaban J connectivity index is 2.05. The van der Waals surface area contributed by atoms with Crippen molar-refractivity contribution in [2.45, 2.75) is 397 Å². The number of allylic oxidation sites excluding steroid dienone is 3. The van der Waals surface area contributed by atoms with Crippen LogP contribution in [0, 0.1) is 0 Å². The molecule has 462 valence electrons. The smallest absolute Gasteiger partial charge is 0.220 e. The molecule has 0 aromatic carbocycles. The molecular weight excluding hydrogens is 971 g/mol. The number of nitrogens with one attached hydrogen (secondary N) is 1. The fourth-order valence-electron chi connectivity index (χ4n) is 11.4. The molecule has 0 spiro atoms. The topological polar surface area (TPSA) is 149 Å². The summed E-state index contributed by atoms with van der Waals surface area (Å²) in [5.41, 5.74) is 0. The molecule has 1 heterocycles. The second-order valence-corrected chi connectivity index (χ2v) is 24.3. The molecule has 0 aromatic rings. The quantitative estimate of drug-likeness (QED) is 0.0261. The van der Waals surface area contributed by atoms with E-state index in [1.54, 1.807) is 6.08 Å². The molecule has 78 heavy (non-hydrogen) atoms. The number of ether oxygens (including phenoxy) is 2. The highest BCUT2D eigenvalue weighted by molar-refractivity contribution is 5.76. The number of hydrogen-bond acceptors (Lipinski definition) is 8. The lowest BCUT2D eigenvalue weighted by molar-refractivity contribution is -0.302. The predicted octanol–water partition coefficient (Wildman–Crippen LogP) is 18.5. The molecule has 0 aliphatic carbocycles. The molecule has 6 N–H and O–H groups in total. The number of rotatable bonds is 61. The minimum atomic E-state index is -1.57. The van der Waals surface area contributed by atoms with Crippen molar-refractivity contribution >= 4 is 5.91 Å². The van der Waals surface area contributed by atoms with E-state index in [9.17, 15) is 30.3 Å². The Morgan fingerprint density at radius 1 is 0.423 bits per heavy atom. The van der Waals surface area contributed by atoms with Crippen molar-refractivity contribution in [3.63, 3.8) is 0 Å². The lowest BCUT2D eigenvalue weighted by atomic mass is 9.99. The lowest BCUT2D eigenvalue weighted by Crippen LogP contribution is -2.60. The maximum atomic E-state index is 13.1. The third-order valence-corrected chi connectivity index (χ3v) is 16.8. The summed E-state index contributed by atoms with van der Waals surface area (Å²) >= 11 is 0. The molecule has 9 heteroatoms. The van der Waals surface area contributed by atoms with E-state index in [0.717, 1.165) is 38.5 Å². The van der Waals surface area contributed by atoms with Crippen LogP contribution in [0.3, 0.4) is 0 Å². The van der Waals surface area contributed by atoms with Crippen LogP contribution in [0.1, 0.15) is 354 Å². The average molecular weight is 1100 g/mol. The van der Waals surface area contributed by atoms with Crippen molar-refractivity contribution in [2.75, 3.05) is 13.2 Å². The lowest BCUT2D eigenvalue weighted by Gasteiger charge is -2.40. The van der Waals surface area contributed by atoms with Crippen LogP contribution in [0.4, 0.5) is 0 Å². The summed E-state index contributed by atoms with van der Waals surface area (Å²) in [6.07, 6.45) is 70.2. The molecule has 0 aromatic heterocycles. The highest BCUT2D eigenvalue weighted by Gasteiger charge is 2.44. The number of aliphatic hydroxyl groups is 5. The minimum Gasteiger partial charge on any atom is -0.394 e. The number of unbranched alkanes of at least 4 members (excludes halogenated alkanes) is 49. The highest BCUT2D eigenvalue weighted by atomic mass is 16.7. The van der Waals surface area contributed by atoms with Gasteiger partial charge in [-0.05, 0) is 32.1 Å². The van der Waals surface area contributed by atoms with E-state index in [4.69, 9.17) is 9.47 Å². The Kier molecular flexibility index (Phi) is 56.3. The van der Waals surface area contributed by atoms with Crippen molar-refractivity contribution in [3.05, 3.63) is 24.3 Å². The average Bonchev–Trinajstić information content (AvgIpc) is 3.45. The Morgan fingerprint density at radius 3 is 1.08 bits per heavy atom. The van der Waals surface area contributed by atoms with Crippen LogP contribution in [0.5, 0.6) is 0 Å². The van der Waals surface area contributed by atoms with Gasteiger partial charge < -0.3 is 40.3 Å². The molecule has 1 rings (SSSR count). The summed E-state index contributed by atoms with van der Waals surface area (Å²) in [6, 6.07) is -0.819. The Labute approximate surface area is 483 Å². The number of hydrogen-bond donors (Lipinski definition) is 6. The Bertz CT molecular complexity index is 1280. The van der Waals surface area contributed by atoms with Crippen molar-refractivity contribution < 1.29 is 39.8 Å². The zero-order valence-electron chi connectivity index (χ0n) is 51.7. The van der Waals surface area contributed by atoms with Gasteiger partial charge in [0.2, 0.25) is 5.91 Å². The van der Waals surface area contributed by atoms with Crippen LogP contribution in [-0.2, 0) is 14.3 Å². The summed E-state index contributed by atoms with van der Waals surface area (Å²) in [5.74, 6) is -0.179. The highest BCUT2D eigenvalue weighted by Crippen LogP contribution is 2.23. The van der Waals surface area contributed by atoms with Gasteiger partial charge >= 0.3 is 0 Å². The maximum Gasteiger partial charge on any atom is 0.220 e. The molecule has 1 saturated heterocycles. The van der Waals surface area contributed by atoms with Crippen LogP contribution in [0.25, 0.3) is 0 Å². The van der Waals surface area contributed by atoms with Gasteiger partial charge in [0.05, 0.1) is 25.4 Å². The van der Waals surface area contributed by atoms with Gasteiger partial charge in [0.25, 0.3) is 0 Å². The van der Waals surface area contributed by atoms with Crippen molar-refractivity contribution in [2.24, 2.45) is 0 Å². The second-order valence-electron chi connectivity index (χ2n) is 24.3. The first-order valence-corrected chi connectivity index (χ1v) is 34.6. The summed E-state index contributed by atoms with van der Waals surface area (Å²) in [4.78, 5) is 13.1. The second kappa shape index (κ2) is 58.9. The Morgan fingerprint density at radius 2 is 0.731 bits per heavy atom. The van der Waals surface area contributed by atoms with Gasteiger partial charge in [-0.2, -0.15) is 0 Å². The zero-order chi connectivity index (χ0) is 56.5. The summed E-state index contributed by atoms with van der Waals surface area (Å²) in [6.45, 7) is 3.81. The van der Waals surface area contributed by atoms with Crippen LogP contribution in [0.2, 0.25) is 0 Å². The van der Waals surface area contributed by atoms with E-state index in [1.165, 1.54) is 295 Å². The van der Waals surface area contributed by atoms with Gasteiger partial charge in [-0.3, -0.25) is 4.79 Å². The molecule has 1 fully saturated rings. The SMILES string of the molecule is CCCCCCCCCCCCC/C=C/CC/C=C/C(O)C(COC1OC(CO)C(O)C(O)C1O)NC(=O)CCCCCCCCCCCCCCCCCCCCCCCCCCCCCCCCCCCCCCCC. The summed E-state index contributed by atoms with van der Waals surface area (Å²) in [7, 11) is 0. The minimum absolute atomic E-state index is 0.179. The van der Waals surface area contributed by atoms with E-state index >= 15 is 0 Å². The van der Waals surface area contributed by atoms with Crippen molar-refractivity contribution in [1.82, 2.24) is 5.32 Å². The molecule has 1 aliphatic heterocycles. The number of aliphatic hydroxyl groups excluding tert-OH is 5. The number of amides is 1. The molecule has 7 atom stereocenters. The van der Waals surface area contributed by atoms with E-state index in [2.05, 4.69) is 31.3 Å². The fraction of sp³-hybridized carbons (Fsp3) is 0.928.